The lowest BCUT2D eigenvalue weighted by atomic mass is 10.2. The Morgan fingerprint density at radius 2 is 1.88 bits per heavy atom. The normalized spacial score (nSPS) is 15.0. The summed E-state index contributed by atoms with van der Waals surface area (Å²) in [6.45, 7) is 2.61. The van der Waals surface area contributed by atoms with E-state index < -0.39 is 0 Å². The van der Waals surface area contributed by atoms with E-state index in [1.165, 1.54) is 0 Å². The first kappa shape index (κ1) is 18.3. The maximum absolute atomic E-state index is 12.5. The molecule has 0 spiro atoms. The highest BCUT2D eigenvalue weighted by Gasteiger charge is 2.21. The minimum Gasteiger partial charge on any atom is -0.374 e. The Morgan fingerprint density at radius 1 is 1.15 bits per heavy atom. The van der Waals surface area contributed by atoms with Crippen molar-refractivity contribution in [2.75, 3.05) is 28.3 Å². The molecule has 5 nitrogen and oxygen atoms in total. The van der Waals surface area contributed by atoms with Crippen LogP contribution in [0.25, 0.3) is 0 Å². The van der Waals surface area contributed by atoms with E-state index in [0.717, 1.165) is 34.9 Å². The molecule has 0 saturated carbocycles. The first-order valence-corrected chi connectivity index (χ1v) is 9.92. The number of anilines is 3. The van der Waals surface area contributed by atoms with Gasteiger partial charge in [-0.25, -0.2) is 0 Å². The van der Waals surface area contributed by atoms with Gasteiger partial charge in [-0.1, -0.05) is 12.1 Å². The fourth-order valence-corrected chi connectivity index (χ4v) is 3.52. The van der Waals surface area contributed by atoms with Crippen LogP contribution >= 0.6 is 11.8 Å². The summed E-state index contributed by atoms with van der Waals surface area (Å²) in [7, 11) is 0. The molecule has 1 aliphatic heterocycles. The summed E-state index contributed by atoms with van der Waals surface area (Å²) in [4.78, 5) is 27.1. The fourth-order valence-electron chi connectivity index (χ4n) is 2.96. The minimum atomic E-state index is -0.385. The summed E-state index contributed by atoms with van der Waals surface area (Å²) in [6.07, 6.45) is 3.52. The summed E-state index contributed by atoms with van der Waals surface area (Å²) in [5, 5.41) is 6.17. The lowest BCUT2D eigenvalue weighted by Crippen LogP contribution is -2.32. The van der Waals surface area contributed by atoms with E-state index in [0.29, 0.717) is 6.42 Å². The molecule has 0 radical (unpaired) electrons. The SMILES string of the molecule is CSc1ccccc1NC(=O)C(C)Nc1ccc(N2CCCC2=O)cc1. The van der Waals surface area contributed by atoms with Crippen LogP contribution in [0.4, 0.5) is 17.1 Å². The topological polar surface area (TPSA) is 61.4 Å². The molecule has 136 valence electrons. The van der Waals surface area contributed by atoms with Gasteiger partial charge in [0.25, 0.3) is 0 Å². The van der Waals surface area contributed by atoms with Gasteiger partial charge in [-0.15, -0.1) is 11.8 Å². The number of thioether (sulfide) groups is 1. The second kappa shape index (κ2) is 8.27. The predicted molar refractivity (Wildman–Crippen MR) is 108 cm³/mol. The van der Waals surface area contributed by atoms with E-state index >= 15 is 0 Å². The predicted octanol–water partition coefficient (Wildman–Crippen LogP) is 3.97. The van der Waals surface area contributed by atoms with Crippen molar-refractivity contribution in [3.05, 3.63) is 48.5 Å². The van der Waals surface area contributed by atoms with Crippen LogP contribution in [0.5, 0.6) is 0 Å². The molecule has 0 aromatic heterocycles. The van der Waals surface area contributed by atoms with Gasteiger partial charge in [0.1, 0.15) is 6.04 Å². The average Bonchev–Trinajstić information content (AvgIpc) is 3.08. The Balaban J connectivity index is 1.61. The Kier molecular flexibility index (Phi) is 5.83. The van der Waals surface area contributed by atoms with Crippen molar-refractivity contribution >= 4 is 40.6 Å². The maximum Gasteiger partial charge on any atom is 0.246 e. The molecule has 1 atom stereocenters. The van der Waals surface area contributed by atoms with Gasteiger partial charge in [-0.3, -0.25) is 9.59 Å². The van der Waals surface area contributed by atoms with Gasteiger partial charge in [-0.2, -0.15) is 0 Å². The van der Waals surface area contributed by atoms with E-state index in [1.54, 1.807) is 16.7 Å². The zero-order valence-corrected chi connectivity index (χ0v) is 15.8. The van der Waals surface area contributed by atoms with Gasteiger partial charge in [0.15, 0.2) is 0 Å². The highest BCUT2D eigenvalue weighted by molar-refractivity contribution is 7.98. The first-order chi connectivity index (χ1) is 12.6. The number of rotatable bonds is 6. The molecule has 2 amide bonds. The van der Waals surface area contributed by atoms with Crippen molar-refractivity contribution in [2.45, 2.75) is 30.7 Å². The van der Waals surface area contributed by atoms with Crippen molar-refractivity contribution in [3.8, 4) is 0 Å². The number of carbonyl (C=O) groups is 2. The molecule has 1 unspecified atom stereocenters. The third-order valence-corrected chi connectivity index (χ3v) is 5.19. The lowest BCUT2D eigenvalue weighted by molar-refractivity contribution is -0.117. The Labute approximate surface area is 158 Å². The second-order valence-corrected chi connectivity index (χ2v) is 7.10. The average molecular weight is 369 g/mol. The molecule has 6 heteroatoms. The molecule has 2 N–H and O–H groups in total. The van der Waals surface area contributed by atoms with Crippen molar-refractivity contribution in [1.29, 1.82) is 0 Å². The second-order valence-electron chi connectivity index (χ2n) is 6.25. The van der Waals surface area contributed by atoms with Gasteiger partial charge in [0, 0.05) is 29.2 Å². The molecule has 1 fully saturated rings. The Morgan fingerprint density at radius 3 is 2.54 bits per heavy atom. The molecule has 2 aromatic carbocycles. The van der Waals surface area contributed by atoms with E-state index in [2.05, 4.69) is 10.6 Å². The van der Waals surface area contributed by atoms with Crippen LogP contribution in [0.15, 0.2) is 53.4 Å². The molecule has 1 saturated heterocycles. The van der Waals surface area contributed by atoms with Crippen molar-refractivity contribution < 1.29 is 9.59 Å². The molecule has 1 heterocycles. The number of nitrogens with one attached hydrogen (secondary N) is 2. The number of hydrogen-bond acceptors (Lipinski definition) is 4. The third kappa shape index (κ3) is 4.19. The molecule has 0 bridgehead atoms. The summed E-state index contributed by atoms with van der Waals surface area (Å²) in [6, 6.07) is 15.0. The molecule has 1 aliphatic rings. The van der Waals surface area contributed by atoms with Gasteiger partial charge in [0.05, 0.1) is 5.69 Å². The molecular formula is C20H23N3O2S. The van der Waals surface area contributed by atoms with Crippen LogP contribution in [0.2, 0.25) is 0 Å². The zero-order valence-electron chi connectivity index (χ0n) is 15.0. The maximum atomic E-state index is 12.5. The van der Waals surface area contributed by atoms with Crippen LogP contribution in [-0.4, -0.2) is 30.7 Å². The van der Waals surface area contributed by atoms with Crippen LogP contribution in [0.3, 0.4) is 0 Å². The minimum absolute atomic E-state index is 0.0923. The van der Waals surface area contributed by atoms with Gasteiger partial charge in [0.2, 0.25) is 11.8 Å². The van der Waals surface area contributed by atoms with Crippen molar-refractivity contribution in [3.63, 3.8) is 0 Å². The van der Waals surface area contributed by atoms with Crippen molar-refractivity contribution in [2.24, 2.45) is 0 Å². The van der Waals surface area contributed by atoms with Gasteiger partial charge >= 0.3 is 0 Å². The molecule has 0 aliphatic carbocycles. The van der Waals surface area contributed by atoms with Gasteiger partial charge < -0.3 is 15.5 Å². The number of para-hydroxylation sites is 1. The number of benzene rings is 2. The molecule has 2 aromatic rings. The lowest BCUT2D eigenvalue weighted by Gasteiger charge is -2.18. The smallest absolute Gasteiger partial charge is 0.246 e. The van der Waals surface area contributed by atoms with Crippen LogP contribution in [0.1, 0.15) is 19.8 Å². The largest absolute Gasteiger partial charge is 0.374 e. The van der Waals surface area contributed by atoms with E-state index in [-0.39, 0.29) is 17.9 Å². The van der Waals surface area contributed by atoms with Gasteiger partial charge in [-0.05, 0) is 56.0 Å². The van der Waals surface area contributed by atoms with Crippen LogP contribution in [-0.2, 0) is 9.59 Å². The summed E-state index contributed by atoms with van der Waals surface area (Å²) >= 11 is 1.60. The highest BCUT2D eigenvalue weighted by Crippen LogP contribution is 2.25. The molecule has 3 rings (SSSR count). The van der Waals surface area contributed by atoms with Crippen LogP contribution in [0, 0.1) is 0 Å². The Bertz CT molecular complexity index is 792. The van der Waals surface area contributed by atoms with Crippen molar-refractivity contribution in [1.82, 2.24) is 0 Å². The standard InChI is InChI=1S/C20H23N3O2S/c1-14(20(25)22-17-6-3-4-7-18(17)26-2)21-15-9-11-16(12-10-15)23-13-5-8-19(23)24/h3-4,6-7,9-12,14,21H,5,8,13H2,1-2H3,(H,22,25). The Hall–Kier alpha value is -2.47. The quantitative estimate of drug-likeness (QED) is 0.756. The summed E-state index contributed by atoms with van der Waals surface area (Å²) in [5.41, 5.74) is 2.58. The summed E-state index contributed by atoms with van der Waals surface area (Å²) < 4.78 is 0. The monoisotopic (exact) mass is 369 g/mol. The highest BCUT2D eigenvalue weighted by atomic mass is 32.2. The van der Waals surface area contributed by atoms with E-state index in [1.807, 2.05) is 61.7 Å². The van der Waals surface area contributed by atoms with E-state index in [9.17, 15) is 9.59 Å². The first-order valence-electron chi connectivity index (χ1n) is 8.69. The molecular weight excluding hydrogens is 346 g/mol. The van der Waals surface area contributed by atoms with E-state index in [4.69, 9.17) is 0 Å². The number of amides is 2. The summed E-state index contributed by atoms with van der Waals surface area (Å²) in [5.74, 6) is 0.0798. The number of nitrogens with zero attached hydrogens (tertiary/aromatic N) is 1. The zero-order chi connectivity index (χ0) is 18.5. The fraction of sp³-hybridized carbons (Fsp3) is 0.300. The van der Waals surface area contributed by atoms with Crippen LogP contribution < -0.4 is 15.5 Å². The number of carbonyl (C=O) groups excluding carboxylic acids is 2. The number of hydrogen-bond donors (Lipinski definition) is 2. The molecule has 26 heavy (non-hydrogen) atoms. The third-order valence-electron chi connectivity index (χ3n) is 4.39.